The lowest BCUT2D eigenvalue weighted by atomic mass is 9.96. The van der Waals surface area contributed by atoms with Gasteiger partial charge in [-0.05, 0) is 42.3 Å². The van der Waals surface area contributed by atoms with Crippen molar-refractivity contribution in [3.8, 4) is 11.1 Å². The van der Waals surface area contributed by atoms with Crippen LogP contribution >= 0.6 is 11.6 Å². The number of rotatable bonds is 3. The van der Waals surface area contributed by atoms with Crippen LogP contribution < -0.4 is 4.90 Å². The molecule has 2 atom stereocenters. The first-order chi connectivity index (χ1) is 17.0. The molecule has 2 bridgehead atoms. The Morgan fingerprint density at radius 2 is 1.71 bits per heavy atom. The third-order valence-electron chi connectivity index (χ3n) is 6.67. The molecule has 0 radical (unpaired) electrons. The van der Waals surface area contributed by atoms with E-state index in [-0.39, 0.29) is 18.1 Å². The zero-order chi connectivity index (χ0) is 23.9. The van der Waals surface area contributed by atoms with Crippen LogP contribution in [0.4, 0.5) is 5.82 Å². The predicted octanol–water partition coefficient (Wildman–Crippen LogP) is 4.99. The monoisotopic (exact) mass is 484 g/mol. The van der Waals surface area contributed by atoms with E-state index in [4.69, 9.17) is 21.3 Å². The number of carbonyl (C=O) groups excluding carboxylic acids is 1. The molecular weight excluding hydrogens is 460 g/mol. The molecule has 3 heterocycles. The quantitative estimate of drug-likeness (QED) is 0.410. The lowest BCUT2D eigenvalue weighted by Gasteiger charge is -2.46. The summed E-state index contributed by atoms with van der Waals surface area (Å²) in [6, 6.07) is 21.7. The molecule has 7 heteroatoms. The second kappa shape index (κ2) is 8.95. The highest BCUT2D eigenvalue weighted by atomic mass is 35.5. The average Bonchev–Trinajstić information content (AvgIpc) is 2.87. The fraction of sp³-hybridized carbons (Fsp3) is 0.250. The highest BCUT2D eigenvalue weighted by Crippen LogP contribution is 2.29. The maximum atomic E-state index is 13.7. The summed E-state index contributed by atoms with van der Waals surface area (Å²) in [6.07, 6.45) is 1.63. The van der Waals surface area contributed by atoms with Crippen molar-refractivity contribution in [2.24, 2.45) is 0 Å². The minimum atomic E-state index is -0.0895. The van der Waals surface area contributed by atoms with Crippen molar-refractivity contribution >= 4 is 34.4 Å². The SMILES string of the molecule is Cc1ccc(-c2ccccc2)c(C(=O)N2CC3CN(c4cnc5ccc(Cl)cc5n4)CC(C2)O3)c1. The zero-order valence-corrected chi connectivity index (χ0v) is 20.2. The number of morpholine rings is 2. The van der Waals surface area contributed by atoms with E-state index in [1.165, 1.54) is 0 Å². The van der Waals surface area contributed by atoms with Gasteiger partial charge in [0.05, 0.1) is 29.4 Å². The molecule has 35 heavy (non-hydrogen) atoms. The third-order valence-corrected chi connectivity index (χ3v) is 6.91. The van der Waals surface area contributed by atoms with Gasteiger partial charge in [-0.1, -0.05) is 59.6 Å². The molecule has 0 spiro atoms. The van der Waals surface area contributed by atoms with Gasteiger partial charge in [0.25, 0.3) is 5.91 Å². The fourth-order valence-corrected chi connectivity index (χ4v) is 5.21. The lowest BCUT2D eigenvalue weighted by Crippen LogP contribution is -2.60. The summed E-state index contributed by atoms with van der Waals surface area (Å²) >= 11 is 6.15. The second-order valence-corrected chi connectivity index (χ2v) is 9.71. The summed E-state index contributed by atoms with van der Waals surface area (Å²) in [5, 5.41) is 0.642. The summed E-state index contributed by atoms with van der Waals surface area (Å²) in [5.74, 6) is 0.863. The number of hydrogen-bond acceptors (Lipinski definition) is 5. The molecule has 0 N–H and O–H groups in total. The number of carbonyl (C=O) groups is 1. The van der Waals surface area contributed by atoms with Crippen molar-refractivity contribution in [2.75, 3.05) is 31.1 Å². The average molecular weight is 485 g/mol. The number of ether oxygens (including phenoxy) is 1. The van der Waals surface area contributed by atoms with Crippen LogP contribution in [-0.2, 0) is 4.74 Å². The van der Waals surface area contributed by atoms with E-state index in [2.05, 4.69) is 16.0 Å². The van der Waals surface area contributed by atoms with E-state index in [9.17, 15) is 4.79 Å². The molecule has 3 aromatic carbocycles. The maximum absolute atomic E-state index is 13.7. The highest BCUT2D eigenvalue weighted by Gasteiger charge is 2.38. The Bertz CT molecular complexity index is 1400. The maximum Gasteiger partial charge on any atom is 0.254 e. The molecule has 0 aliphatic carbocycles. The number of amides is 1. The number of aryl methyl sites for hydroxylation is 1. The first-order valence-electron chi connectivity index (χ1n) is 11.8. The summed E-state index contributed by atoms with van der Waals surface area (Å²) in [7, 11) is 0. The number of aromatic nitrogens is 2. The van der Waals surface area contributed by atoms with Crippen molar-refractivity contribution in [2.45, 2.75) is 19.1 Å². The lowest BCUT2D eigenvalue weighted by molar-refractivity contribution is -0.0847. The second-order valence-electron chi connectivity index (χ2n) is 9.27. The van der Waals surface area contributed by atoms with Gasteiger partial charge in [-0.25, -0.2) is 4.98 Å². The minimum absolute atomic E-state index is 0.0550. The number of benzene rings is 3. The molecule has 4 aromatic rings. The van der Waals surface area contributed by atoms with Gasteiger partial charge < -0.3 is 14.5 Å². The van der Waals surface area contributed by atoms with Crippen molar-refractivity contribution in [3.63, 3.8) is 0 Å². The van der Waals surface area contributed by atoms with Crippen LogP contribution in [0.5, 0.6) is 0 Å². The molecular formula is C28H25ClN4O2. The Hall–Kier alpha value is -3.48. The van der Waals surface area contributed by atoms with Crippen LogP contribution in [0.3, 0.4) is 0 Å². The molecule has 176 valence electrons. The van der Waals surface area contributed by atoms with Gasteiger partial charge in [-0.2, -0.15) is 0 Å². The van der Waals surface area contributed by atoms with Gasteiger partial charge in [0.1, 0.15) is 5.82 Å². The van der Waals surface area contributed by atoms with E-state index >= 15 is 0 Å². The number of nitrogens with zero attached hydrogens (tertiary/aromatic N) is 4. The first-order valence-corrected chi connectivity index (χ1v) is 12.2. The van der Waals surface area contributed by atoms with Gasteiger partial charge >= 0.3 is 0 Å². The molecule has 6 rings (SSSR count). The smallest absolute Gasteiger partial charge is 0.254 e. The van der Waals surface area contributed by atoms with Crippen molar-refractivity contribution in [1.82, 2.24) is 14.9 Å². The fourth-order valence-electron chi connectivity index (χ4n) is 5.05. The highest BCUT2D eigenvalue weighted by molar-refractivity contribution is 6.31. The van der Waals surface area contributed by atoms with E-state index < -0.39 is 0 Å². The van der Waals surface area contributed by atoms with Crippen LogP contribution in [0.1, 0.15) is 15.9 Å². The van der Waals surface area contributed by atoms with Gasteiger partial charge in [0.2, 0.25) is 0 Å². The Morgan fingerprint density at radius 3 is 2.49 bits per heavy atom. The molecule has 2 saturated heterocycles. The summed E-state index contributed by atoms with van der Waals surface area (Å²) in [5.41, 5.74) is 5.41. The third kappa shape index (κ3) is 4.35. The topological polar surface area (TPSA) is 58.6 Å². The normalized spacial score (nSPS) is 19.7. The van der Waals surface area contributed by atoms with Crippen LogP contribution in [0, 0.1) is 6.92 Å². The minimum Gasteiger partial charge on any atom is -0.368 e. The molecule has 2 aliphatic heterocycles. The van der Waals surface area contributed by atoms with Gasteiger partial charge in [0.15, 0.2) is 0 Å². The molecule has 2 aliphatic rings. The summed E-state index contributed by atoms with van der Waals surface area (Å²) < 4.78 is 6.23. The van der Waals surface area contributed by atoms with E-state index in [1.54, 1.807) is 6.20 Å². The molecule has 2 fully saturated rings. The van der Waals surface area contributed by atoms with Crippen molar-refractivity contribution < 1.29 is 9.53 Å². The predicted molar refractivity (Wildman–Crippen MR) is 138 cm³/mol. The van der Waals surface area contributed by atoms with E-state index in [0.717, 1.165) is 39.1 Å². The number of hydrogen-bond donors (Lipinski definition) is 0. The molecule has 1 aromatic heterocycles. The van der Waals surface area contributed by atoms with Gasteiger partial charge in [0, 0.05) is 36.8 Å². The Morgan fingerprint density at radius 1 is 0.943 bits per heavy atom. The van der Waals surface area contributed by atoms with E-state index in [1.807, 2.05) is 72.5 Å². The largest absolute Gasteiger partial charge is 0.368 e. The van der Waals surface area contributed by atoms with Crippen molar-refractivity contribution in [1.29, 1.82) is 0 Å². The van der Waals surface area contributed by atoms with Crippen LogP contribution in [0.25, 0.3) is 22.2 Å². The number of anilines is 1. The Kier molecular flexibility index (Phi) is 5.63. The standard InChI is InChI=1S/C28H25ClN4O2/c1-18-7-9-23(19-5-3-2-4-6-19)24(11-18)28(34)33-16-21-14-32(15-22(17-33)35-21)27-13-30-25-10-8-20(29)12-26(25)31-27/h2-13,21-22H,14-17H2,1H3. The number of fused-ring (bicyclic) bond motifs is 3. The number of halogens is 1. The Labute approximate surface area is 209 Å². The van der Waals surface area contributed by atoms with Crippen LogP contribution in [0.2, 0.25) is 5.02 Å². The van der Waals surface area contributed by atoms with Crippen LogP contribution in [0.15, 0.2) is 72.9 Å². The van der Waals surface area contributed by atoms with Crippen molar-refractivity contribution in [3.05, 3.63) is 89.1 Å². The molecule has 1 amide bonds. The van der Waals surface area contributed by atoms with E-state index in [0.29, 0.717) is 31.2 Å². The molecule has 2 unspecified atom stereocenters. The van der Waals surface area contributed by atoms with Gasteiger partial charge in [-0.3, -0.25) is 9.78 Å². The van der Waals surface area contributed by atoms with Crippen LogP contribution in [-0.4, -0.2) is 59.2 Å². The zero-order valence-electron chi connectivity index (χ0n) is 19.4. The molecule has 6 nitrogen and oxygen atoms in total. The molecule has 0 saturated carbocycles. The first kappa shape index (κ1) is 22.0. The summed E-state index contributed by atoms with van der Waals surface area (Å²) in [4.78, 5) is 27.2. The summed E-state index contributed by atoms with van der Waals surface area (Å²) in [6.45, 7) is 4.41. The Balaban J connectivity index is 1.23. The van der Waals surface area contributed by atoms with Gasteiger partial charge in [-0.15, -0.1) is 0 Å².